The summed E-state index contributed by atoms with van der Waals surface area (Å²) in [4.78, 5) is 20.9. The summed E-state index contributed by atoms with van der Waals surface area (Å²) in [6, 6.07) is 11.7. The predicted molar refractivity (Wildman–Crippen MR) is 95.5 cm³/mol. The highest BCUT2D eigenvalue weighted by atomic mass is 19.1. The van der Waals surface area contributed by atoms with E-state index < -0.39 is 23.2 Å². The molecule has 1 aromatic heterocycles. The second-order valence-electron chi connectivity index (χ2n) is 5.73. The van der Waals surface area contributed by atoms with Crippen LogP contribution in [0.5, 0.6) is 0 Å². The summed E-state index contributed by atoms with van der Waals surface area (Å²) < 4.78 is 27.4. The molecule has 3 rings (SSSR count). The molecule has 132 valence electrons. The van der Waals surface area contributed by atoms with Gasteiger partial charge in [-0.2, -0.15) is 0 Å². The number of para-hydroxylation sites is 1. The first-order valence-electron chi connectivity index (χ1n) is 7.87. The van der Waals surface area contributed by atoms with Gasteiger partial charge in [-0.1, -0.05) is 12.1 Å². The molecule has 0 aliphatic rings. The van der Waals surface area contributed by atoms with Crippen molar-refractivity contribution in [1.29, 1.82) is 0 Å². The normalized spacial score (nSPS) is 10.5. The van der Waals surface area contributed by atoms with Gasteiger partial charge in [0.15, 0.2) is 0 Å². The molecule has 0 saturated heterocycles. The summed E-state index contributed by atoms with van der Waals surface area (Å²) in [6.07, 6.45) is 0. The van der Waals surface area contributed by atoms with Gasteiger partial charge in [0.25, 0.3) is 5.91 Å². The quantitative estimate of drug-likeness (QED) is 0.730. The van der Waals surface area contributed by atoms with Gasteiger partial charge in [0.1, 0.15) is 17.3 Å². The number of nitrogens with one attached hydrogen (secondary N) is 2. The largest absolute Gasteiger partial charge is 0.324 e. The lowest BCUT2D eigenvalue weighted by atomic mass is 10.1. The van der Waals surface area contributed by atoms with Crippen LogP contribution in [0.3, 0.4) is 0 Å². The first-order chi connectivity index (χ1) is 12.4. The topological polar surface area (TPSA) is 66.9 Å². The number of hydrogen-bond acceptors (Lipinski definition) is 4. The van der Waals surface area contributed by atoms with E-state index in [1.54, 1.807) is 24.3 Å². The van der Waals surface area contributed by atoms with E-state index in [0.717, 1.165) is 23.5 Å². The number of carbonyl (C=O) groups is 1. The number of carbonyl (C=O) groups excluding carboxylic acids is 1. The van der Waals surface area contributed by atoms with Crippen molar-refractivity contribution in [2.45, 2.75) is 13.8 Å². The maximum Gasteiger partial charge on any atom is 0.255 e. The van der Waals surface area contributed by atoms with Crippen molar-refractivity contribution in [1.82, 2.24) is 9.97 Å². The van der Waals surface area contributed by atoms with E-state index >= 15 is 0 Å². The van der Waals surface area contributed by atoms with E-state index in [1.807, 2.05) is 19.9 Å². The number of halogens is 2. The Balaban J connectivity index is 1.81. The molecule has 1 heterocycles. The molecular weight excluding hydrogens is 338 g/mol. The standard InChI is InChI=1S/C19H16F2N4O/c1-11-9-12(2)23-19(22-11)24-14-6-3-5-13(10-14)18(26)25-17-15(20)7-4-8-16(17)21/h3-10H,1-2H3,(H,25,26)(H,22,23,24). The Morgan fingerprint density at radius 2 is 1.54 bits per heavy atom. The Bertz CT molecular complexity index is 935. The number of amides is 1. The van der Waals surface area contributed by atoms with Crippen LogP contribution < -0.4 is 10.6 Å². The summed E-state index contributed by atoms with van der Waals surface area (Å²) in [5.41, 5.74) is 1.96. The van der Waals surface area contributed by atoms with E-state index in [9.17, 15) is 13.6 Å². The number of benzene rings is 2. The fourth-order valence-corrected chi connectivity index (χ4v) is 2.45. The second-order valence-corrected chi connectivity index (χ2v) is 5.73. The van der Waals surface area contributed by atoms with Crippen molar-refractivity contribution in [3.8, 4) is 0 Å². The first-order valence-corrected chi connectivity index (χ1v) is 7.87. The van der Waals surface area contributed by atoms with Crippen molar-refractivity contribution >= 4 is 23.2 Å². The first kappa shape index (κ1) is 17.5. The number of aromatic nitrogens is 2. The number of rotatable bonds is 4. The third kappa shape index (κ3) is 4.00. The van der Waals surface area contributed by atoms with Crippen molar-refractivity contribution in [3.05, 3.63) is 77.1 Å². The van der Waals surface area contributed by atoms with Crippen molar-refractivity contribution in [2.24, 2.45) is 0 Å². The zero-order chi connectivity index (χ0) is 18.7. The van der Waals surface area contributed by atoms with Crippen LogP contribution >= 0.6 is 0 Å². The van der Waals surface area contributed by atoms with Crippen molar-refractivity contribution < 1.29 is 13.6 Å². The minimum absolute atomic E-state index is 0.238. The van der Waals surface area contributed by atoms with Gasteiger partial charge in [0.2, 0.25) is 5.95 Å². The van der Waals surface area contributed by atoms with Crippen LogP contribution in [-0.4, -0.2) is 15.9 Å². The van der Waals surface area contributed by atoms with E-state index in [1.165, 1.54) is 6.07 Å². The van der Waals surface area contributed by atoms with Crippen LogP contribution in [0.25, 0.3) is 0 Å². The molecule has 2 N–H and O–H groups in total. The predicted octanol–water partition coefficient (Wildman–Crippen LogP) is 4.37. The maximum absolute atomic E-state index is 13.7. The Hall–Kier alpha value is -3.35. The van der Waals surface area contributed by atoms with Crippen LogP contribution in [-0.2, 0) is 0 Å². The Kier molecular flexibility index (Phi) is 4.88. The molecule has 0 unspecified atom stereocenters. The zero-order valence-electron chi connectivity index (χ0n) is 14.2. The fraction of sp³-hybridized carbons (Fsp3) is 0.105. The number of anilines is 3. The molecule has 26 heavy (non-hydrogen) atoms. The average Bonchev–Trinajstić information content (AvgIpc) is 2.57. The van der Waals surface area contributed by atoms with Gasteiger partial charge in [-0.05, 0) is 50.2 Å². The Labute approximate surface area is 149 Å². The summed E-state index contributed by atoms with van der Waals surface area (Å²) in [5, 5.41) is 5.27. The molecule has 0 radical (unpaired) electrons. The minimum atomic E-state index is -0.837. The highest BCUT2D eigenvalue weighted by Gasteiger charge is 2.14. The maximum atomic E-state index is 13.7. The van der Waals surface area contributed by atoms with Gasteiger partial charge < -0.3 is 10.6 Å². The fourth-order valence-electron chi connectivity index (χ4n) is 2.45. The molecule has 7 heteroatoms. The van der Waals surface area contributed by atoms with Crippen LogP contribution in [0.1, 0.15) is 21.7 Å². The molecule has 2 aromatic carbocycles. The smallest absolute Gasteiger partial charge is 0.255 e. The Morgan fingerprint density at radius 3 is 2.19 bits per heavy atom. The third-order valence-electron chi connectivity index (χ3n) is 3.56. The highest BCUT2D eigenvalue weighted by Crippen LogP contribution is 2.20. The minimum Gasteiger partial charge on any atom is -0.324 e. The van der Waals surface area contributed by atoms with Gasteiger partial charge in [-0.15, -0.1) is 0 Å². The van der Waals surface area contributed by atoms with Crippen molar-refractivity contribution in [3.63, 3.8) is 0 Å². The summed E-state index contributed by atoms with van der Waals surface area (Å²) in [7, 11) is 0. The molecule has 0 aliphatic heterocycles. The molecular formula is C19H16F2N4O. The Morgan fingerprint density at radius 1 is 0.923 bits per heavy atom. The van der Waals surface area contributed by atoms with Crippen LogP contribution in [0.2, 0.25) is 0 Å². The van der Waals surface area contributed by atoms with E-state index in [4.69, 9.17) is 0 Å². The van der Waals surface area contributed by atoms with Gasteiger partial charge in [0, 0.05) is 22.6 Å². The van der Waals surface area contributed by atoms with Gasteiger partial charge in [-0.3, -0.25) is 4.79 Å². The van der Waals surface area contributed by atoms with E-state index in [-0.39, 0.29) is 5.56 Å². The second kappa shape index (κ2) is 7.26. The summed E-state index contributed by atoms with van der Waals surface area (Å²) in [6.45, 7) is 3.71. The molecule has 0 saturated carbocycles. The molecule has 3 aromatic rings. The number of aryl methyl sites for hydroxylation is 2. The lowest BCUT2D eigenvalue weighted by Crippen LogP contribution is -2.14. The molecule has 0 atom stereocenters. The SMILES string of the molecule is Cc1cc(C)nc(Nc2cccc(C(=O)Nc3c(F)cccc3F)c2)n1. The molecule has 0 spiro atoms. The zero-order valence-corrected chi connectivity index (χ0v) is 14.2. The van der Waals surface area contributed by atoms with Gasteiger partial charge >= 0.3 is 0 Å². The monoisotopic (exact) mass is 354 g/mol. The lowest BCUT2D eigenvalue weighted by molar-refractivity contribution is 0.102. The number of nitrogens with zero attached hydrogens (tertiary/aromatic N) is 2. The number of hydrogen-bond donors (Lipinski definition) is 2. The third-order valence-corrected chi connectivity index (χ3v) is 3.56. The van der Waals surface area contributed by atoms with Crippen LogP contribution in [0, 0.1) is 25.5 Å². The van der Waals surface area contributed by atoms with E-state index in [0.29, 0.717) is 11.6 Å². The molecule has 0 bridgehead atoms. The summed E-state index contributed by atoms with van der Waals surface area (Å²) >= 11 is 0. The molecule has 0 fully saturated rings. The van der Waals surface area contributed by atoms with Gasteiger partial charge in [0.05, 0.1) is 0 Å². The summed E-state index contributed by atoms with van der Waals surface area (Å²) in [5.74, 6) is -1.90. The average molecular weight is 354 g/mol. The van der Waals surface area contributed by atoms with Crippen molar-refractivity contribution in [2.75, 3.05) is 10.6 Å². The molecule has 1 amide bonds. The molecule has 0 aliphatic carbocycles. The van der Waals surface area contributed by atoms with Crippen LogP contribution in [0.4, 0.5) is 26.1 Å². The van der Waals surface area contributed by atoms with Crippen LogP contribution in [0.15, 0.2) is 48.5 Å². The van der Waals surface area contributed by atoms with E-state index in [2.05, 4.69) is 20.6 Å². The lowest BCUT2D eigenvalue weighted by Gasteiger charge is -2.10. The highest BCUT2D eigenvalue weighted by molar-refractivity contribution is 6.05. The molecule has 5 nitrogen and oxygen atoms in total. The van der Waals surface area contributed by atoms with Gasteiger partial charge in [-0.25, -0.2) is 18.7 Å².